The molecule has 0 amide bonds. The number of allylic oxidation sites excluding steroid dienone is 1. The first-order chi connectivity index (χ1) is 6.92. The van der Waals surface area contributed by atoms with Gasteiger partial charge in [-0.1, -0.05) is 30.3 Å². The fraction of sp³-hybridized carbons (Fsp3) is 0.385. The maximum atomic E-state index is 5.52. The van der Waals surface area contributed by atoms with Crippen molar-refractivity contribution < 1.29 is 0 Å². The smallest absolute Gasteiger partial charge is 0.00424 e. The van der Waals surface area contributed by atoms with E-state index in [0.717, 1.165) is 13.0 Å². The van der Waals surface area contributed by atoms with E-state index in [4.69, 9.17) is 5.73 Å². The number of fused-ring (bicyclic) bond motifs is 1. The van der Waals surface area contributed by atoms with Crippen molar-refractivity contribution in [3.8, 4) is 0 Å². The Morgan fingerprint density at radius 2 is 2.07 bits per heavy atom. The number of hydrogen-bond acceptors (Lipinski definition) is 1. The fourth-order valence-corrected chi connectivity index (χ4v) is 2.13. The van der Waals surface area contributed by atoms with Gasteiger partial charge < -0.3 is 5.73 Å². The molecule has 0 bridgehead atoms. The largest absolute Gasteiger partial charge is 0.330 e. The van der Waals surface area contributed by atoms with E-state index in [-0.39, 0.29) is 0 Å². The summed E-state index contributed by atoms with van der Waals surface area (Å²) in [5.74, 6) is 0. The Labute approximate surface area is 85.6 Å². The van der Waals surface area contributed by atoms with Crippen LogP contribution in [0.25, 0.3) is 5.57 Å². The molecule has 0 aliphatic heterocycles. The van der Waals surface area contributed by atoms with Gasteiger partial charge in [0.25, 0.3) is 0 Å². The first-order valence-electron chi connectivity index (χ1n) is 5.39. The van der Waals surface area contributed by atoms with Gasteiger partial charge in [0.2, 0.25) is 0 Å². The van der Waals surface area contributed by atoms with Gasteiger partial charge in [-0.2, -0.15) is 0 Å². The van der Waals surface area contributed by atoms with Crippen LogP contribution >= 0.6 is 0 Å². The van der Waals surface area contributed by atoms with Crippen LogP contribution in [0.2, 0.25) is 0 Å². The van der Waals surface area contributed by atoms with Crippen molar-refractivity contribution in [1.82, 2.24) is 0 Å². The van der Waals surface area contributed by atoms with Crippen LogP contribution in [0, 0.1) is 0 Å². The van der Waals surface area contributed by atoms with Gasteiger partial charge in [-0.15, -0.1) is 0 Å². The first-order valence-corrected chi connectivity index (χ1v) is 5.39. The highest BCUT2D eigenvalue weighted by atomic mass is 14.5. The highest BCUT2D eigenvalue weighted by molar-refractivity contribution is 5.69. The van der Waals surface area contributed by atoms with Crippen LogP contribution in [0.5, 0.6) is 0 Å². The second kappa shape index (κ2) is 4.43. The number of benzene rings is 1. The molecule has 14 heavy (non-hydrogen) atoms. The van der Waals surface area contributed by atoms with Crippen molar-refractivity contribution in [3.63, 3.8) is 0 Å². The van der Waals surface area contributed by atoms with Gasteiger partial charge in [0.05, 0.1) is 0 Å². The van der Waals surface area contributed by atoms with E-state index >= 15 is 0 Å². The molecule has 2 N–H and O–H groups in total. The highest BCUT2D eigenvalue weighted by Crippen LogP contribution is 2.30. The molecule has 74 valence electrons. The second-order valence-electron chi connectivity index (χ2n) is 3.82. The molecule has 0 saturated heterocycles. The van der Waals surface area contributed by atoms with Crippen LogP contribution in [-0.2, 0) is 6.42 Å². The molecule has 1 nitrogen and oxygen atoms in total. The SMILES string of the molecule is NCCC=C1CCCc2ccccc21. The van der Waals surface area contributed by atoms with E-state index in [1.165, 1.54) is 36.0 Å². The number of nitrogens with two attached hydrogens (primary N) is 1. The second-order valence-corrected chi connectivity index (χ2v) is 3.82. The maximum absolute atomic E-state index is 5.52. The summed E-state index contributed by atoms with van der Waals surface area (Å²) < 4.78 is 0. The summed E-state index contributed by atoms with van der Waals surface area (Å²) in [5.41, 5.74) is 9.97. The van der Waals surface area contributed by atoms with Gasteiger partial charge >= 0.3 is 0 Å². The van der Waals surface area contributed by atoms with E-state index in [9.17, 15) is 0 Å². The topological polar surface area (TPSA) is 26.0 Å². The molecule has 0 saturated carbocycles. The van der Waals surface area contributed by atoms with Gasteiger partial charge in [0.1, 0.15) is 0 Å². The number of aryl methyl sites for hydroxylation is 1. The van der Waals surface area contributed by atoms with Gasteiger partial charge in [0.15, 0.2) is 0 Å². The molecule has 0 heterocycles. The predicted octanol–water partition coefficient (Wildman–Crippen LogP) is 2.76. The van der Waals surface area contributed by atoms with Crippen LogP contribution in [0.4, 0.5) is 0 Å². The van der Waals surface area contributed by atoms with Crippen molar-refractivity contribution in [1.29, 1.82) is 0 Å². The van der Waals surface area contributed by atoms with Crippen molar-refractivity contribution in [2.45, 2.75) is 25.7 Å². The van der Waals surface area contributed by atoms with E-state index in [1.807, 2.05) is 0 Å². The average Bonchev–Trinajstić information content (AvgIpc) is 2.26. The molecule has 0 fully saturated rings. The Morgan fingerprint density at radius 3 is 2.93 bits per heavy atom. The van der Waals surface area contributed by atoms with E-state index in [0.29, 0.717) is 0 Å². The summed E-state index contributed by atoms with van der Waals surface area (Å²) in [5, 5.41) is 0. The summed E-state index contributed by atoms with van der Waals surface area (Å²) in [6, 6.07) is 8.73. The molecule has 0 aromatic heterocycles. The normalized spacial score (nSPS) is 18.2. The molecule has 0 radical (unpaired) electrons. The van der Waals surface area contributed by atoms with Crippen LogP contribution in [0.3, 0.4) is 0 Å². The number of rotatable bonds is 2. The van der Waals surface area contributed by atoms with E-state index < -0.39 is 0 Å². The summed E-state index contributed by atoms with van der Waals surface area (Å²) in [7, 11) is 0. The van der Waals surface area contributed by atoms with Crippen LogP contribution in [0.1, 0.15) is 30.4 Å². The standard InChI is InChI=1S/C13H17N/c14-10-4-8-12-7-3-6-11-5-1-2-9-13(11)12/h1-2,5,8-9H,3-4,6-7,10,14H2. The van der Waals surface area contributed by atoms with E-state index in [1.54, 1.807) is 0 Å². The average molecular weight is 187 g/mol. The minimum Gasteiger partial charge on any atom is -0.330 e. The zero-order chi connectivity index (χ0) is 9.80. The molecule has 2 rings (SSSR count). The van der Waals surface area contributed by atoms with E-state index in [2.05, 4.69) is 30.3 Å². The molecule has 0 unspecified atom stereocenters. The lowest BCUT2D eigenvalue weighted by molar-refractivity contribution is 0.818. The molecule has 1 aromatic rings. The third-order valence-electron chi connectivity index (χ3n) is 2.81. The zero-order valence-corrected chi connectivity index (χ0v) is 8.50. The van der Waals surface area contributed by atoms with Crippen LogP contribution in [0.15, 0.2) is 30.3 Å². The predicted molar refractivity (Wildman–Crippen MR) is 61.0 cm³/mol. The lowest BCUT2D eigenvalue weighted by Gasteiger charge is -2.18. The minimum atomic E-state index is 0.756. The summed E-state index contributed by atoms with van der Waals surface area (Å²) in [6.07, 6.45) is 7.04. The van der Waals surface area contributed by atoms with Gasteiger partial charge in [-0.25, -0.2) is 0 Å². The van der Waals surface area contributed by atoms with Crippen molar-refractivity contribution >= 4 is 5.57 Å². The molecule has 0 spiro atoms. The Kier molecular flexibility index (Phi) is 3.00. The lowest BCUT2D eigenvalue weighted by atomic mass is 9.87. The quantitative estimate of drug-likeness (QED) is 0.757. The maximum Gasteiger partial charge on any atom is -0.00424 e. The van der Waals surface area contributed by atoms with Gasteiger partial charge in [-0.3, -0.25) is 0 Å². The lowest BCUT2D eigenvalue weighted by Crippen LogP contribution is -2.02. The minimum absolute atomic E-state index is 0.756. The van der Waals surface area contributed by atoms with Crippen LogP contribution in [-0.4, -0.2) is 6.54 Å². The molecule has 1 aromatic carbocycles. The Hall–Kier alpha value is -1.08. The molecular weight excluding hydrogens is 170 g/mol. The Balaban J connectivity index is 2.31. The Morgan fingerprint density at radius 1 is 1.21 bits per heavy atom. The van der Waals surface area contributed by atoms with Crippen molar-refractivity contribution in [3.05, 3.63) is 41.5 Å². The molecule has 0 atom stereocenters. The van der Waals surface area contributed by atoms with Crippen molar-refractivity contribution in [2.75, 3.05) is 6.54 Å². The molecule has 1 heteroatoms. The summed E-state index contributed by atoms with van der Waals surface area (Å²) in [6.45, 7) is 0.756. The monoisotopic (exact) mass is 187 g/mol. The van der Waals surface area contributed by atoms with Gasteiger partial charge in [-0.05, 0) is 48.9 Å². The van der Waals surface area contributed by atoms with Crippen LogP contribution < -0.4 is 5.73 Å². The Bertz CT molecular complexity index is 339. The van der Waals surface area contributed by atoms with Gasteiger partial charge in [0, 0.05) is 0 Å². The molecule has 1 aliphatic rings. The first kappa shape index (κ1) is 9.47. The zero-order valence-electron chi connectivity index (χ0n) is 8.50. The van der Waals surface area contributed by atoms with Crippen molar-refractivity contribution in [2.24, 2.45) is 5.73 Å². The summed E-state index contributed by atoms with van der Waals surface area (Å²) in [4.78, 5) is 0. The number of hydrogen-bond donors (Lipinski definition) is 1. The third-order valence-corrected chi connectivity index (χ3v) is 2.81. The third kappa shape index (κ3) is 1.88. The fourth-order valence-electron chi connectivity index (χ4n) is 2.13. The highest BCUT2D eigenvalue weighted by Gasteiger charge is 2.11. The molecular formula is C13H17N. The summed E-state index contributed by atoms with van der Waals surface area (Å²) >= 11 is 0. The molecule has 1 aliphatic carbocycles.